The first kappa shape index (κ1) is 14.6. The summed E-state index contributed by atoms with van der Waals surface area (Å²) in [7, 11) is 0. The Morgan fingerprint density at radius 3 is 3.00 bits per heavy atom. The van der Waals surface area contributed by atoms with Crippen LogP contribution >= 0.6 is 0 Å². The molecular formula is C11H19N3O4. The summed E-state index contributed by atoms with van der Waals surface area (Å²) in [6.07, 6.45) is -0.151. The fourth-order valence-electron chi connectivity index (χ4n) is 1.39. The molecule has 1 heterocycles. The third kappa shape index (κ3) is 5.74. The highest BCUT2D eigenvalue weighted by molar-refractivity contribution is 5.69. The van der Waals surface area contributed by atoms with E-state index in [4.69, 9.17) is 9.26 Å². The van der Waals surface area contributed by atoms with Gasteiger partial charge in [0, 0.05) is 19.5 Å². The van der Waals surface area contributed by atoms with Gasteiger partial charge in [-0.2, -0.15) is 4.98 Å². The number of hydrogen-bond donors (Lipinski definition) is 2. The van der Waals surface area contributed by atoms with Gasteiger partial charge in [0.05, 0.1) is 19.1 Å². The molecule has 0 saturated heterocycles. The molecule has 0 radical (unpaired) electrons. The fraction of sp³-hybridized carbons (Fsp3) is 0.727. The summed E-state index contributed by atoms with van der Waals surface area (Å²) in [5.41, 5.74) is 0. The Bertz CT molecular complexity index is 367. The minimum absolute atomic E-state index is 0.000502. The Morgan fingerprint density at radius 2 is 2.39 bits per heavy atom. The summed E-state index contributed by atoms with van der Waals surface area (Å²) in [5, 5.41) is 16.2. The Morgan fingerprint density at radius 1 is 1.61 bits per heavy atom. The van der Waals surface area contributed by atoms with Crippen molar-refractivity contribution in [1.29, 1.82) is 0 Å². The molecule has 0 aliphatic rings. The Kier molecular flexibility index (Phi) is 6.31. The van der Waals surface area contributed by atoms with E-state index in [0.717, 1.165) is 0 Å². The minimum atomic E-state index is -0.742. The summed E-state index contributed by atoms with van der Waals surface area (Å²) in [5.74, 6) is 0.770. The number of nitrogens with zero attached hydrogens (tertiary/aromatic N) is 2. The number of carbonyl (C=O) groups is 1. The maximum Gasteiger partial charge on any atom is 0.308 e. The smallest absolute Gasteiger partial charge is 0.308 e. The van der Waals surface area contributed by atoms with Gasteiger partial charge in [0.15, 0.2) is 5.82 Å². The van der Waals surface area contributed by atoms with Crippen molar-refractivity contribution in [2.45, 2.75) is 32.8 Å². The SMILES string of the molecule is CCOC(=O)CC(O)CNCCc1nc(C)no1. The van der Waals surface area contributed by atoms with Crippen molar-refractivity contribution in [3.63, 3.8) is 0 Å². The molecule has 1 aromatic heterocycles. The molecule has 0 amide bonds. The van der Waals surface area contributed by atoms with Gasteiger partial charge in [0.1, 0.15) is 0 Å². The largest absolute Gasteiger partial charge is 0.466 e. The highest BCUT2D eigenvalue weighted by atomic mass is 16.5. The molecule has 1 atom stereocenters. The molecule has 0 aliphatic carbocycles. The van der Waals surface area contributed by atoms with Gasteiger partial charge in [-0.1, -0.05) is 5.16 Å². The third-order valence-electron chi connectivity index (χ3n) is 2.17. The number of esters is 1. The van der Waals surface area contributed by atoms with Crippen LogP contribution in [0.3, 0.4) is 0 Å². The number of hydrogen-bond acceptors (Lipinski definition) is 7. The second-order valence-electron chi connectivity index (χ2n) is 3.85. The summed E-state index contributed by atoms with van der Waals surface area (Å²) in [4.78, 5) is 15.1. The van der Waals surface area contributed by atoms with Crippen LogP contribution in [0.15, 0.2) is 4.52 Å². The third-order valence-corrected chi connectivity index (χ3v) is 2.17. The van der Waals surface area contributed by atoms with Gasteiger partial charge in [0.25, 0.3) is 0 Å². The van der Waals surface area contributed by atoms with Crippen molar-refractivity contribution in [2.24, 2.45) is 0 Å². The first-order valence-corrected chi connectivity index (χ1v) is 5.95. The number of rotatable bonds is 8. The molecule has 1 unspecified atom stereocenters. The van der Waals surface area contributed by atoms with Crippen LogP contribution in [0.4, 0.5) is 0 Å². The van der Waals surface area contributed by atoms with Crippen molar-refractivity contribution in [3.05, 3.63) is 11.7 Å². The highest BCUT2D eigenvalue weighted by Crippen LogP contribution is 1.96. The lowest BCUT2D eigenvalue weighted by Crippen LogP contribution is -2.30. The minimum Gasteiger partial charge on any atom is -0.466 e. The lowest BCUT2D eigenvalue weighted by atomic mass is 10.2. The molecule has 2 N–H and O–H groups in total. The predicted molar refractivity (Wildman–Crippen MR) is 62.9 cm³/mol. The second-order valence-corrected chi connectivity index (χ2v) is 3.85. The van der Waals surface area contributed by atoms with Crippen LogP contribution in [0.5, 0.6) is 0 Å². The topological polar surface area (TPSA) is 97.5 Å². The molecule has 7 heteroatoms. The summed E-state index contributed by atoms with van der Waals surface area (Å²) >= 11 is 0. The van der Waals surface area contributed by atoms with Crippen LogP contribution in [0.25, 0.3) is 0 Å². The van der Waals surface area contributed by atoms with Crippen LogP contribution < -0.4 is 5.32 Å². The number of carbonyl (C=O) groups excluding carboxylic acids is 1. The number of ether oxygens (including phenoxy) is 1. The number of aliphatic hydroxyl groups excluding tert-OH is 1. The van der Waals surface area contributed by atoms with Gasteiger partial charge >= 0.3 is 5.97 Å². The molecule has 18 heavy (non-hydrogen) atoms. The Labute approximate surface area is 106 Å². The van der Waals surface area contributed by atoms with Crippen molar-refractivity contribution in [3.8, 4) is 0 Å². The Hall–Kier alpha value is -1.47. The first-order valence-electron chi connectivity index (χ1n) is 5.95. The molecule has 1 rings (SSSR count). The van der Waals surface area contributed by atoms with Crippen molar-refractivity contribution in [1.82, 2.24) is 15.5 Å². The highest BCUT2D eigenvalue weighted by Gasteiger charge is 2.11. The van der Waals surface area contributed by atoms with E-state index in [1.54, 1.807) is 13.8 Å². The lowest BCUT2D eigenvalue weighted by Gasteiger charge is -2.10. The van der Waals surface area contributed by atoms with E-state index < -0.39 is 6.10 Å². The van der Waals surface area contributed by atoms with Crippen molar-refractivity contribution < 1.29 is 19.2 Å². The maximum atomic E-state index is 11.1. The summed E-state index contributed by atoms with van der Waals surface area (Å²) in [6, 6.07) is 0. The zero-order chi connectivity index (χ0) is 13.4. The first-order chi connectivity index (χ1) is 8.61. The van der Waals surface area contributed by atoms with E-state index in [1.165, 1.54) is 0 Å². The number of aliphatic hydroxyl groups is 1. The fourth-order valence-corrected chi connectivity index (χ4v) is 1.39. The van der Waals surface area contributed by atoms with E-state index >= 15 is 0 Å². The van der Waals surface area contributed by atoms with E-state index in [0.29, 0.717) is 37.8 Å². The van der Waals surface area contributed by atoms with E-state index in [1.807, 2.05) is 0 Å². The molecule has 0 fully saturated rings. The predicted octanol–water partition coefficient (Wildman–Crippen LogP) is -0.176. The second kappa shape index (κ2) is 7.78. The van der Waals surface area contributed by atoms with Crippen LogP contribution in [0.2, 0.25) is 0 Å². The van der Waals surface area contributed by atoms with E-state index in [2.05, 4.69) is 15.5 Å². The number of aryl methyl sites for hydroxylation is 1. The molecule has 0 aromatic carbocycles. The van der Waals surface area contributed by atoms with Gasteiger partial charge in [-0.3, -0.25) is 4.79 Å². The molecule has 1 aromatic rings. The molecule has 7 nitrogen and oxygen atoms in total. The summed E-state index contributed by atoms with van der Waals surface area (Å²) < 4.78 is 9.66. The average molecular weight is 257 g/mol. The van der Waals surface area contributed by atoms with Gasteiger partial charge < -0.3 is 19.7 Å². The van der Waals surface area contributed by atoms with Gasteiger partial charge in [-0.15, -0.1) is 0 Å². The molecule has 0 bridgehead atoms. The van der Waals surface area contributed by atoms with E-state index in [9.17, 15) is 9.90 Å². The molecule has 0 aliphatic heterocycles. The standard InChI is InChI=1S/C11H19N3O4/c1-3-17-11(16)6-9(15)7-12-5-4-10-13-8(2)14-18-10/h9,12,15H,3-7H2,1-2H3. The zero-order valence-electron chi connectivity index (χ0n) is 10.7. The van der Waals surface area contributed by atoms with Crippen molar-refractivity contribution >= 4 is 5.97 Å². The average Bonchev–Trinajstić information content (AvgIpc) is 2.71. The van der Waals surface area contributed by atoms with Crippen LogP contribution in [0, 0.1) is 6.92 Å². The van der Waals surface area contributed by atoms with Crippen molar-refractivity contribution in [2.75, 3.05) is 19.7 Å². The van der Waals surface area contributed by atoms with Crippen LogP contribution in [0.1, 0.15) is 25.1 Å². The Balaban J connectivity index is 2.08. The zero-order valence-corrected chi connectivity index (χ0v) is 10.7. The van der Waals surface area contributed by atoms with E-state index in [-0.39, 0.29) is 12.4 Å². The van der Waals surface area contributed by atoms with Crippen LogP contribution in [-0.2, 0) is 16.0 Å². The van der Waals surface area contributed by atoms with Gasteiger partial charge in [-0.25, -0.2) is 0 Å². The molecule has 0 saturated carbocycles. The summed E-state index contributed by atoms with van der Waals surface area (Å²) in [6.45, 7) is 4.74. The maximum absolute atomic E-state index is 11.1. The van der Waals surface area contributed by atoms with Crippen LogP contribution in [-0.4, -0.2) is 47.0 Å². The quantitative estimate of drug-likeness (QED) is 0.492. The normalized spacial score (nSPS) is 12.4. The molecular weight excluding hydrogens is 238 g/mol. The number of aromatic nitrogens is 2. The van der Waals surface area contributed by atoms with Gasteiger partial charge in [-0.05, 0) is 13.8 Å². The lowest BCUT2D eigenvalue weighted by molar-refractivity contribution is -0.145. The molecule has 102 valence electrons. The van der Waals surface area contributed by atoms with Gasteiger partial charge in [0.2, 0.25) is 5.89 Å². The molecule has 0 spiro atoms. The monoisotopic (exact) mass is 257 g/mol. The number of nitrogens with one attached hydrogen (secondary N) is 1.